The van der Waals surface area contributed by atoms with Crippen molar-refractivity contribution in [2.75, 3.05) is 7.11 Å². The van der Waals surface area contributed by atoms with E-state index in [1.807, 2.05) is 6.20 Å². The second-order valence-electron chi connectivity index (χ2n) is 5.33. The summed E-state index contributed by atoms with van der Waals surface area (Å²) in [6, 6.07) is 2.22. The zero-order valence-corrected chi connectivity index (χ0v) is 10.0. The van der Waals surface area contributed by atoms with E-state index in [0.29, 0.717) is 5.92 Å². The first kappa shape index (κ1) is 10.5. The molecule has 0 N–H and O–H groups in total. The van der Waals surface area contributed by atoms with Crippen molar-refractivity contribution >= 4 is 0 Å². The molecule has 0 bridgehead atoms. The maximum atomic E-state index is 5.36. The first-order chi connectivity index (χ1) is 7.02. The van der Waals surface area contributed by atoms with Gasteiger partial charge in [0.2, 0.25) is 0 Å². The maximum absolute atomic E-state index is 5.36. The third kappa shape index (κ3) is 2.14. The third-order valence-electron chi connectivity index (χ3n) is 2.91. The van der Waals surface area contributed by atoms with Crippen LogP contribution in [0.25, 0.3) is 0 Å². The van der Waals surface area contributed by atoms with Gasteiger partial charge in [-0.25, -0.2) is 0 Å². The monoisotopic (exact) mass is 205 g/mol. The number of rotatable bonds is 2. The summed E-state index contributed by atoms with van der Waals surface area (Å²) in [5.41, 5.74) is 2.63. The van der Waals surface area contributed by atoms with E-state index in [-0.39, 0.29) is 5.41 Å². The minimum atomic E-state index is 0.123. The first-order valence-electron chi connectivity index (χ1n) is 5.57. The Morgan fingerprint density at radius 1 is 1.33 bits per heavy atom. The van der Waals surface area contributed by atoms with Crippen LogP contribution in [-0.4, -0.2) is 12.1 Å². The Hall–Kier alpha value is -1.05. The summed E-state index contributed by atoms with van der Waals surface area (Å²) in [7, 11) is 1.71. The Balaban J connectivity index is 2.42. The zero-order chi connectivity index (χ0) is 11.1. The molecule has 0 aliphatic heterocycles. The zero-order valence-electron chi connectivity index (χ0n) is 10.0. The fourth-order valence-electron chi connectivity index (χ4n) is 1.81. The van der Waals surface area contributed by atoms with Gasteiger partial charge in [-0.1, -0.05) is 20.8 Å². The Bertz CT molecular complexity index is 361. The largest absolute Gasteiger partial charge is 0.495 e. The molecule has 0 amide bonds. The van der Waals surface area contributed by atoms with Crippen molar-refractivity contribution in [1.29, 1.82) is 0 Å². The number of nitrogens with zero attached hydrogens (tertiary/aromatic N) is 1. The van der Waals surface area contributed by atoms with Gasteiger partial charge in [0.25, 0.3) is 0 Å². The summed E-state index contributed by atoms with van der Waals surface area (Å²) in [5.74, 6) is 1.61. The SMILES string of the molecule is COc1cnc(C2CC2)cc1C(C)(C)C. The Morgan fingerprint density at radius 3 is 2.47 bits per heavy atom. The lowest BCUT2D eigenvalue weighted by Gasteiger charge is -2.22. The maximum Gasteiger partial charge on any atom is 0.140 e. The van der Waals surface area contributed by atoms with E-state index in [2.05, 4.69) is 31.8 Å². The van der Waals surface area contributed by atoms with Gasteiger partial charge >= 0.3 is 0 Å². The number of pyridine rings is 1. The number of ether oxygens (including phenoxy) is 1. The van der Waals surface area contributed by atoms with Crippen molar-refractivity contribution in [1.82, 2.24) is 4.98 Å². The molecule has 0 aromatic carbocycles. The predicted molar refractivity (Wildman–Crippen MR) is 61.5 cm³/mol. The molecular weight excluding hydrogens is 186 g/mol. The number of hydrogen-bond donors (Lipinski definition) is 0. The standard InChI is InChI=1S/C13H19NO/c1-13(2,3)10-7-11(9-5-6-9)14-8-12(10)15-4/h7-9H,5-6H2,1-4H3. The van der Waals surface area contributed by atoms with Crippen LogP contribution < -0.4 is 4.74 Å². The van der Waals surface area contributed by atoms with Crippen LogP contribution in [0, 0.1) is 0 Å². The molecule has 0 spiro atoms. The molecule has 1 fully saturated rings. The molecule has 15 heavy (non-hydrogen) atoms. The van der Waals surface area contributed by atoms with Gasteiger partial charge in [-0.3, -0.25) is 4.98 Å². The number of hydrogen-bond acceptors (Lipinski definition) is 2. The van der Waals surface area contributed by atoms with E-state index >= 15 is 0 Å². The fourth-order valence-corrected chi connectivity index (χ4v) is 1.81. The highest BCUT2D eigenvalue weighted by Crippen LogP contribution is 2.41. The molecule has 0 atom stereocenters. The molecular formula is C13H19NO. The molecule has 0 radical (unpaired) electrons. The lowest BCUT2D eigenvalue weighted by atomic mass is 9.86. The quantitative estimate of drug-likeness (QED) is 0.739. The summed E-state index contributed by atoms with van der Waals surface area (Å²) in [4.78, 5) is 4.46. The number of methoxy groups -OCH3 is 1. The van der Waals surface area contributed by atoms with Crippen molar-refractivity contribution in [2.24, 2.45) is 0 Å². The van der Waals surface area contributed by atoms with E-state index < -0.39 is 0 Å². The summed E-state index contributed by atoms with van der Waals surface area (Å²) in [6.45, 7) is 6.63. The van der Waals surface area contributed by atoms with Gasteiger partial charge in [0.15, 0.2) is 0 Å². The molecule has 1 saturated carbocycles. The molecule has 1 aromatic heterocycles. The van der Waals surface area contributed by atoms with Crippen molar-refractivity contribution in [3.63, 3.8) is 0 Å². The van der Waals surface area contributed by atoms with Crippen LogP contribution in [0.15, 0.2) is 12.3 Å². The van der Waals surface area contributed by atoms with E-state index in [1.165, 1.54) is 24.1 Å². The second-order valence-corrected chi connectivity index (χ2v) is 5.33. The van der Waals surface area contributed by atoms with Gasteiger partial charge in [0.1, 0.15) is 5.75 Å². The molecule has 0 unspecified atom stereocenters. The topological polar surface area (TPSA) is 22.1 Å². The Kier molecular flexibility index (Phi) is 2.45. The van der Waals surface area contributed by atoms with Crippen LogP contribution in [0.5, 0.6) is 5.75 Å². The molecule has 2 nitrogen and oxygen atoms in total. The van der Waals surface area contributed by atoms with Gasteiger partial charge in [0, 0.05) is 17.2 Å². The Labute approximate surface area is 91.7 Å². The van der Waals surface area contributed by atoms with Crippen molar-refractivity contribution in [2.45, 2.75) is 44.9 Å². The molecule has 82 valence electrons. The van der Waals surface area contributed by atoms with Crippen LogP contribution in [0.2, 0.25) is 0 Å². The second kappa shape index (κ2) is 3.51. The highest BCUT2D eigenvalue weighted by atomic mass is 16.5. The molecule has 2 heteroatoms. The van der Waals surface area contributed by atoms with Crippen LogP contribution in [0.4, 0.5) is 0 Å². The third-order valence-corrected chi connectivity index (χ3v) is 2.91. The highest BCUT2D eigenvalue weighted by Gasteiger charge is 2.28. The lowest BCUT2D eigenvalue weighted by Crippen LogP contribution is -2.13. The van der Waals surface area contributed by atoms with E-state index in [0.717, 1.165) is 5.75 Å². The van der Waals surface area contributed by atoms with Crippen molar-refractivity contribution < 1.29 is 4.74 Å². The summed E-state index contributed by atoms with van der Waals surface area (Å²) < 4.78 is 5.36. The van der Waals surface area contributed by atoms with Gasteiger partial charge < -0.3 is 4.74 Å². The lowest BCUT2D eigenvalue weighted by molar-refractivity contribution is 0.395. The van der Waals surface area contributed by atoms with Gasteiger partial charge in [-0.15, -0.1) is 0 Å². The van der Waals surface area contributed by atoms with Crippen LogP contribution in [0.1, 0.15) is 50.8 Å². The molecule has 1 aromatic rings. The first-order valence-corrected chi connectivity index (χ1v) is 5.57. The summed E-state index contributed by atoms with van der Waals surface area (Å²) in [5, 5.41) is 0. The minimum Gasteiger partial charge on any atom is -0.495 e. The minimum absolute atomic E-state index is 0.123. The molecule has 2 rings (SSSR count). The molecule has 1 aliphatic rings. The van der Waals surface area contributed by atoms with Gasteiger partial charge in [-0.2, -0.15) is 0 Å². The van der Waals surface area contributed by atoms with Gasteiger partial charge in [-0.05, 0) is 24.3 Å². The number of aromatic nitrogens is 1. The van der Waals surface area contributed by atoms with Crippen LogP contribution >= 0.6 is 0 Å². The highest BCUT2D eigenvalue weighted by molar-refractivity contribution is 5.39. The average molecular weight is 205 g/mol. The Morgan fingerprint density at radius 2 is 2.00 bits per heavy atom. The van der Waals surface area contributed by atoms with Crippen molar-refractivity contribution in [3.05, 3.63) is 23.5 Å². The van der Waals surface area contributed by atoms with E-state index in [1.54, 1.807) is 7.11 Å². The fraction of sp³-hybridized carbons (Fsp3) is 0.615. The smallest absolute Gasteiger partial charge is 0.140 e. The summed E-state index contributed by atoms with van der Waals surface area (Å²) >= 11 is 0. The van der Waals surface area contributed by atoms with E-state index in [4.69, 9.17) is 4.74 Å². The van der Waals surface area contributed by atoms with Crippen LogP contribution in [0.3, 0.4) is 0 Å². The average Bonchev–Trinajstić information content (AvgIpc) is 2.98. The molecule has 0 saturated heterocycles. The van der Waals surface area contributed by atoms with Gasteiger partial charge in [0.05, 0.1) is 13.3 Å². The normalized spacial score (nSPS) is 16.5. The summed E-state index contributed by atoms with van der Waals surface area (Å²) in [6.07, 6.45) is 4.46. The molecule has 1 heterocycles. The molecule has 1 aliphatic carbocycles. The van der Waals surface area contributed by atoms with Crippen LogP contribution in [-0.2, 0) is 5.41 Å². The van der Waals surface area contributed by atoms with E-state index in [9.17, 15) is 0 Å². The van der Waals surface area contributed by atoms with Crippen molar-refractivity contribution in [3.8, 4) is 5.75 Å². The predicted octanol–water partition coefficient (Wildman–Crippen LogP) is 3.27.